The first-order chi connectivity index (χ1) is 10.9. The lowest BCUT2D eigenvalue weighted by molar-refractivity contribution is 0.392. The zero-order valence-electron chi connectivity index (χ0n) is 14.2. The van der Waals surface area contributed by atoms with E-state index in [2.05, 4.69) is 30.4 Å². The van der Waals surface area contributed by atoms with Gasteiger partial charge >= 0.3 is 0 Å². The summed E-state index contributed by atoms with van der Waals surface area (Å²) in [4.78, 5) is 8.79. The van der Waals surface area contributed by atoms with Crippen LogP contribution in [0, 0.1) is 6.92 Å². The van der Waals surface area contributed by atoms with Crippen molar-refractivity contribution < 1.29 is 8.42 Å². The van der Waals surface area contributed by atoms with Gasteiger partial charge in [0.1, 0.15) is 11.6 Å². The van der Waals surface area contributed by atoms with E-state index < -0.39 is 10.0 Å². The van der Waals surface area contributed by atoms with Gasteiger partial charge in [-0.1, -0.05) is 0 Å². The Morgan fingerprint density at radius 2 is 2.21 bits per heavy atom. The van der Waals surface area contributed by atoms with Crippen LogP contribution in [-0.4, -0.2) is 61.1 Å². The third-order valence-corrected chi connectivity index (χ3v) is 4.12. The predicted molar refractivity (Wildman–Crippen MR) is 104 cm³/mol. The van der Waals surface area contributed by atoms with Crippen molar-refractivity contribution in [2.45, 2.75) is 39.3 Å². The maximum absolute atomic E-state index is 11.0. The van der Waals surface area contributed by atoms with Gasteiger partial charge in [-0.2, -0.15) is 5.10 Å². The zero-order chi connectivity index (χ0) is 16.9. The van der Waals surface area contributed by atoms with Crippen molar-refractivity contribution in [3.05, 3.63) is 11.6 Å². The van der Waals surface area contributed by atoms with Crippen molar-refractivity contribution in [1.82, 2.24) is 30.1 Å². The molecule has 1 unspecified atom stereocenters. The van der Waals surface area contributed by atoms with Gasteiger partial charge in [-0.15, -0.1) is 24.0 Å². The highest BCUT2D eigenvalue weighted by Crippen LogP contribution is 2.12. The van der Waals surface area contributed by atoms with Crippen LogP contribution in [0.2, 0.25) is 0 Å². The lowest BCUT2D eigenvalue weighted by Gasteiger charge is -2.25. The number of nitrogens with zero attached hydrogens (tertiary/aromatic N) is 4. The van der Waals surface area contributed by atoms with Crippen molar-refractivity contribution in [2.75, 3.05) is 25.9 Å². The largest absolute Gasteiger partial charge is 0.357 e. The number of sulfonamides is 1. The summed E-state index contributed by atoms with van der Waals surface area (Å²) in [5.74, 6) is 2.51. The molecule has 0 aliphatic carbocycles. The number of halogens is 1. The topological polar surface area (TPSA) is 113 Å². The molecule has 9 nitrogen and oxygen atoms in total. The molecule has 0 radical (unpaired) electrons. The van der Waals surface area contributed by atoms with E-state index in [0.29, 0.717) is 12.5 Å². The second kappa shape index (κ2) is 9.51. The molecule has 1 aromatic rings. The average molecular weight is 471 g/mol. The molecule has 3 N–H and O–H groups in total. The maximum atomic E-state index is 11.0. The number of fused-ring (bicyclic) bond motifs is 1. The Morgan fingerprint density at radius 3 is 2.88 bits per heavy atom. The molecule has 1 aromatic heterocycles. The lowest BCUT2D eigenvalue weighted by Crippen LogP contribution is -2.47. The van der Waals surface area contributed by atoms with Gasteiger partial charge in [-0.05, 0) is 20.3 Å². The van der Waals surface area contributed by atoms with Gasteiger partial charge in [0.25, 0.3) is 0 Å². The predicted octanol–water partition coefficient (Wildman–Crippen LogP) is -0.376. The van der Waals surface area contributed by atoms with Gasteiger partial charge in [0.15, 0.2) is 5.96 Å². The molecule has 0 spiro atoms. The second-order valence-corrected chi connectivity index (χ2v) is 7.40. The lowest BCUT2D eigenvalue weighted by atomic mass is 10.1. The molecule has 24 heavy (non-hydrogen) atoms. The van der Waals surface area contributed by atoms with E-state index in [9.17, 15) is 8.42 Å². The minimum Gasteiger partial charge on any atom is -0.357 e. The minimum absolute atomic E-state index is 0. The Bertz CT molecular complexity index is 659. The van der Waals surface area contributed by atoms with Crippen LogP contribution >= 0.6 is 24.0 Å². The van der Waals surface area contributed by atoms with E-state index in [1.54, 1.807) is 0 Å². The third kappa shape index (κ3) is 6.89. The zero-order valence-corrected chi connectivity index (χ0v) is 17.4. The van der Waals surface area contributed by atoms with Crippen molar-refractivity contribution in [3.8, 4) is 0 Å². The number of guanidine groups is 1. The van der Waals surface area contributed by atoms with Gasteiger partial charge in [0.2, 0.25) is 10.0 Å². The summed E-state index contributed by atoms with van der Waals surface area (Å²) in [7, 11) is -3.17. The monoisotopic (exact) mass is 471 g/mol. The third-order valence-electron chi connectivity index (χ3n) is 3.40. The quantitative estimate of drug-likeness (QED) is 0.226. The highest BCUT2D eigenvalue weighted by molar-refractivity contribution is 14.0. The first-order valence-electron chi connectivity index (χ1n) is 7.77. The number of aryl methyl sites for hydroxylation is 2. The van der Waals surface area contributed by atoms with Crippen molar-refractivity contribution in [2.24, 2.45) is 4.99 Å². The number of hydrogen-bond acceptors (Lipinski definition) is 5. The van der Waals surface area contributed by atoms with Crippen LogP contribution in [-0.2, 0) is 23.0 Å². The van der Waals surface area contributed by atoms with Crippen molar-refractivity contribution in [3.63, 3.8) is 0 Å². The van der Waals surface area contributed by atoms with Crippen LogP contribution in [0.3, 0.4) is 0 Å². The molecule has 11 heteroatoms. The van der Waals surface area contributed by atoms with Gasteiger partial charge in [0, 0.05) is 25.6 Å². The first kappa shape index (κ1) is 21.1. The standard InChI is InChI=1S/C13H25N7O2S.HI/c1-4-14-13(15-7-8-16-23(3,21)22)18-11-5-6-12-17-10(2)19-20(12)9-11;/h11,16H,4-9H2,1-3H3,(H2,14,15,18);1H. The summed E-state index contributed by atoms with van der Waals surface area (Å²) in [6.07, 6.45) is 2.98. The van der Waals surface area contributed by atoms with Crippen molar-refractivity contribution in [1.29, 1.82) is 0 Å². The molecule has 0 saturated heterocycles. The SMILES string of the molecule is CCNC(=NCCNS(C)(=O)=O)NC1CCc2nc(C)nn2C1.I. The van der Waals surface area contributed by atoms with Crippen LogP contribution in [0.4, 0.5) is 0 Å². The molecule has 1 aliphatic rings. The fourth-order valence-corrected chi connectivity index (χ4v) is 2.93. The molecule has 0 amide bonds. The normalized spacial score (nSPS) is 17.8. The molecule has 2 rings (SSSR count). The summed E-state index contributed by atoms with van der Waals surface area (Å²) in [5.41, 5.74) is 0. The van der Waals surface area contributed by atoms with E-state index in [1.807, 2.05) is 18.5 Å². The van der Waals surface area contributed by atoms with Crippen LogP contribution in [0.25, 0.3) is 0 Å². The summed E-state index contributed by atoms with van der Waals surface area (Å²) in [6, 6.07) is 0.226. The van der Waals surface area contributed by atoms with Crippen molar-refractivity contribution >= 4 is 40.0 Å². The average Bonchev–Trinajstić information content (AvgIpc) is 2.82. The summed E-state index contributed by atoms with van der Waals surface area (Å²) < 4.78 is 26.4. The molecule has 0 fully saturated rings. The smallest absolute Gasteiger partial charge is 0.208 e. The molecule has 0 saturated carbocycles. The summed E-state index contributed by atoms with van der Waals surface area (Å²) in [5, 5.41) is 10.9. The summed E-state index contributed by atoms with van der Waals surface area (Å²) in [6.45, 7) is 6.04. The fourth-order valence-electron chi connectivity index (χ4n) is 2.46. The van der Waals surface area contributed by atoms with Crippen LogP contribution in [0.1, 0.15) is 25.0 Å². The van der Waals surface area contributed by atoms with Crippen LogP contribution in [0.15, 0.2) is 4.99 Å². The van der Waals surface area contributed by atoms with Gasteiger partial charge < -0.3 is 10.6 Å². The maximum Gasteiger partial charge on any atom is 0.208 e. The Morgan fingerprint density at radius 1 is 1.46 bits per heavy atom. The molecule has 138 valence electrons. The Hall–Kier alpha value is -0.950. The molecule has 1 atom stereocenters. The molecular weight excluding hydrogens is 445 g/mol. The number of rotatable bonds is 6. The molecule has 1 aliphatic heterocycles. The van der Waals surface area contributed by atoms with E-state index in [0.717, 1.165) is 43.8 Å². The van der Waals surface area contributed by atoms with E-state index >= 15 is 0 Å². The van der Waals surface area contributed by atoms with E-state index in [1.165, 1.54) is 0 Å². The second-order valence-electron chi connectivity index (χ2n) is 5.56. The van der Waals surface area contributed by atoms with Gasteiger partial charge in [0.05, 0.1) is 19.3 Å². The van der Waals surface area contributed by atoms with Crippen LogP contribution < -0.4 is 15.4 Å². The fraction of sp³-hybridized carbons (Fsp3) is 0.769. The number of aliphatic imine (C=N–C) groups is 1. The molecule has 0 bridgehead atoms. The molecule has 2 heterocycles. The van der Waals surface area contributed by atoms with Gasteiger partial charge in [-0.25, -0.2) is 22.8 Å². The van der Waals surface area contributed by atoms with Crippen LogP contribution in [0.5, 0.6) is 0 Å². The van der Waals surface area contributed by atoms with Gasteiger partial charge in [-0.3, -0.25) is 4.99 Å². The first-order valence-corrected chi connectivity index (χ1v) is 9.66. The Balaban J connectivity index is 0.00000288. The molecule has 0 aromatic carbocycles. The summed E-state index contributed by atoms with van der Waals surface area (Å²) >= 11 is 0. The highest BCUT2D eigenvalue weighted by Gasteiger charge is 2.21. The number of hydrogen-bond donors (Lipinski definition) is 3. The van der Waals surface area contributed by atoms with E-state index in [4.69, 9.17) is 0 Å². The molecular formula is C13H26IN7O2S. The Kier molecular flexibility index (Phi) is 8.36. The highest BCUT2D eigenvalue weighted by atomic mass is 127. The number of aromatic nitrogens is 3. The Labute approximate surface area is 160 Å². The van der Waals surface area contributed by atoms with E-state index in [-0.39, 0.29) is 36.6 Å². The number of nitrogens with one attached hydrogen (secondary N) is 3. The minimum atomic E-state index is -3.17.